The first-order valence-corrected chi connectivity index (χ1v) is 6.89. The van der Waals surface area contributed by atoms with Crippen LogP contribution in [0.25, 0.3) is 5.69 Å². The minimum atomic E-state index is 0.385. The maximum Gasteiger partial charge on any atom is 0.182 e. The zero-order valence-electron chi connectivity index (χ0n) is 10.5. The van der Waals surface area contributed by atoms with Gasteiger partial charge in [0.25, 0.3) is 0 Å². The van der Waals surface area contributed by atoms with E-state index in [9.17, 15) is 0 Å². The molecule has 18 heavy (non-hydrogen) atoms. The molecule has 0 bridgehead atoms. The van der Waals surface area contributed by atoms with Crippen molar-refractivity contribution in [2.24, 2.45) is 0 Å². The third-order valence-corrected chi connectivity index (χ3v) is 3.76. The average Bonchev–Trinajstić information content (AvgIpc) is 2.72. The van der Waals surface area contributed by atoms with E-state index in [-0.39, 0.29) is 0 Å². The van der Waals surface area contributed by atoms with Crippen LogP contribution in [0.1, 0.15) is 25.5 Å². The second-order valence-corrected chi connectivity index (χ2v) is 5.57. The minimum absolute atomic E-state index is 0.385. The number of ether oxygens (including phenoxy) is 1. The lowest BCUT2D eigenvalue weighted by molar-refractivity contribution is 0.414. The van der Waals surface area contributed by atoms with Crippen molar-refractivity contribution in [3.05, 3.63) is 39.3 Å². The molecular formula is C13H15BrN2OS. The standard InChI is InChI=1S/C13H15BrN2OS/c1-8(2)12-7-15-13(18)16(12)11-6-9(17-3)4-5-10(11)14/h4-8H,1-3H3,(H,15,18). The van der Waals surface area contributed by atoms with Crippen molar-refractivity contribution in [3.63, 3.8) is 0 Å². The zero-order valence-corrected chi connectivity index (χ0v) is 12.9. The van der Waals surface area contributed by atoms with Crippen LogP contribution >= 0.6 is 28.1 Å². The monoisotopic (exact) mass is 326 g/mol. The molecule has 0 radical (unpaired) electrons. The van der Waals surface area contributed by atoms with Crippen molar-refractivity contribution in [1.29, 1.82) is 0 Å². The van der Waals surface area contributed by atoms with Gasteiger partial charge in [0.05, 0.1) is 12.8 Å². The van der Waals surface area contributed by atoms with Crippen LogP contribution in [-0.2, 0) is 0 Å². The molecule has 0 fully saturated rings. The first kappa shape index (κ1) is 13.4. The van der Waals surface area contributed by atoms with Gasteiger partial charge in [-0.05, 0) is 46.2 Å². The Bertz CT molecular complexity index is 616. The van der Waals surface area contributed by atoms with Gasteiger partial charge in [-0.25, -0.2) is 0 Å². The van der Waals surface area contributed by atoms with E-state index in [1.54, 1.807) is 7.11 Å². The highest BCUT2D eigenvalue weighted by molar-refractivity contribution is 9.10. The summed E-state index contributed by atoms with van der Waals surface area (Å²) in [5.74, 6) is 1.20. The first-order valence-electron chi connectivity index (χ1n) is 5.69. The number of H-pyrrole nitrogens is 1. The number of imidazole rings is 1. The molecule has 0 saturated carbocycles. The molecule has 1 N–H and O–H groups in total. The Balaban J connectivity index is 2.68. The number of rotatable bonds is 3. The van der Waals surface area contributed by atoms with Crippen molar-refractivity contribution in [2.45, 2.75) is 19.8 Å². The number of hydrogen-bond donors (Lipinski definition) is 1. The SMILES string of the molecule is COc1ccc(Br)c(-n2c(C(C)C)c[nH]c2=S)c1. The van der Waals surface area contributed by atoms with Crippen LogP contribution in [0.15, 0.2) is 28.9 Å². The highest BCUT2D eigenvalue weighted by Crippen LogP contribution is 2.29. The smallest absolute Gasteiger partial charge is 0.182 e. The van der Waals surface area contributed by atoms with Gasteiger partial charge in [0.15, 0.2) is 4.77 Å². The van der Waals surface area contributed by atoms with E-state index >= 15 is 0 Å². The van der Waals surface area contributed by atoms with E-state index in [4.69, 9.17) is 17.0 Å². The second-order valence-electron chi connectivity index (χ2n) is 4.33. The predicted molar refractivity (Wildman–Crippen MR) is 79.3 cm³/mol. The van der Waals surface area contributed by atoms with Crippen LogP contribution < -0.4 is 4.74 Å². The van der Waals surface area contributed by atoms with Crippen molar-refractivity contribution >= 4 is 28.1 Å². The van der Waals surface area contributed by atoms with E-state index in [1.807, 2.05) is 29.0 Å². The molecule has 0 aliphatic rings. The number of methoxy groups -OCH3 is 1. The van der Waals surface area contributed by atoms with Gasteiger partial charge in [0.1, 0.15) is 5.75 Å². The van der Waals surface area contributed by atoms with E-state index in [2.05, 4.69) is 34.8 Å². The van der Waals surface area contributed by atoms with E-state index in [0.29, 0.717) is 10.7 Å². The molecule has 5 heteroatoms. The van der Waals surface area contributed by atoms with E-state index < -0.39 is 0 Å². The van der Waals surface area contributed by atoms with Gasteiger partial charge in [0, 0.05) is 22.4 Å². The number of hydrogen-bond acceptors (Lipinski definition) is 2. The summed E-state index contributed by atoms with van der Waals surface area (Å²) in [6.07, 6.45) is 1.96. The highest BCUT2D eigenvalue weighted by atomic mass is 79.9. The Morgan fingerprint density at radius 2 is 2.11 bits per heavy atom. The summed E-state index contributed by atoms with van der Waals surface area (Å²) in [6.45, 7) is 4.28. The number of benzene rings is 1. The number of halogens is 1. The molecule has 1 aromatic heterocycles. The van der Waals surface area contributed by atoms with Crippen molar-refractivity contribution in [3.8, 4) is 11.4 Å². The normalized spacial score (nSPS) is 10.9. The summed E-state index contributed by atoms with van der Waals surface area (Å²) in [5.41, 5.74) is 2.14. The van der Waals surface area contributed by atoms with Crippen LogP contribution in [0, 0.1) is 4.77 Å². The summed E-state index contributed by atoms with van der Waals surface area (Å²) in [7, 11) is 1.66. The highest BCUT2D eigenvalue weighted by Gasteiger charge is 2.13. The summed E-state index contributed by atoms with van der Waals surface area (Å²) in [6, 6.07) is 5.85. The van der Waals surface area contributed by atoms with Gasteiger partial charge in [0.2, 0.25) is 0 Å². The molecule has 0 atom stereocenters. The van der Waals surface area contributed by atoms with Crippen LogP contribution in [0.4, 0.5) is 0 Å². The van der Waals surface area contributed by atoms with E-state index in [1.165, 1.54) is 0 Å². The van der Waals surface area contributed by atoms with Crippen molar-refractivity contribution in [1.82, 2.24) is 9.55 Å². The summed E-state index contributed by atoms with van der Waals surface area (Å²) >= 11 is 8.92. The number of aromatic nitrogens is 2. The topological polar surface area (TPSA) is 29.9 Å². The molecule has 0 amide bonds. The molecule has 0 aliphatic heterocycles. The van der Waals surface area contributed by atoms with E-state index in [0.717, 1.165) is 21.6 Å². The molecule has 1 heterocycles. The number of nitrogens with one attached hydrogen (secondary N) is 1. The Morgan fingerprint density at radius 1 is 1.39 bits per heavy atom. The molecule has 1 aromatic carbocycles. The lowest BCUT2D eigenvalue weighted by Crippen LogP contribution is -2.03. The van der Waals surface area contributed by atoms with Gasteiger partial charge < -0.3 is 9.72 Å². The van der Waals surface area contributed by atoms with Gasteiger partial charge >= 0.3 is 0 Å². The fourth-order valence-corrected chi connectivity index (χ4v) is 2.53. The fraction of sp³-hybridized carbons (Fsp3) is 0.308. The molecule has 0 aliphatic carbocycles. The van der Waals surface area contributed by atoms with Gasteiger partial charge in [-0.15, -0.1) is 0 Å². The van der Waals surface area contributed by atoms with Crippen LogP contribution in [0.2, 0.25) is 0 Å². The maximum absolute atomic E-state index is 5.36. The summed E-state index contributed by atoms with van der Waals surface area (Å²) in [5, 5.41) is 0. The van der Waals surface area contributed by atoms with Gasteiger partial charge in [-0.1, -0.05) is 13.8 Å². The quantitative estimate of drug-likeness (QED) is 0.845. The van der Waals surface area contributed by atoms with Crippen LogP contribution in [0.5, 0.6) is 5.75 Å². The third-order valence-electron chi connectivity index (χ3n) is 2.79. The van der Waals surface area contributed by atoms with Crippen molar-refractivity contribution < 1.29 is 4.74 Å². The Morgan fingerprint density at radius 3 is 2.72 bits per heavy atom. The maximum atomic E-state index is 5.36. The average molecular weight is 327 g/mol. The molecular weight excluding hydrogens is 312 g/mol. The molecule has 2 rings (SSSR count). The van der Waals surface area contributed by atoms with Crippen molar-refractivity contribution in [2.75, 3.05) is 7.11 Å². The molecule has 0 unspecified atom stereocenters. The Kier molecular flexibility index (Phi) is 3.92. The van der Waals surface area contributed by atoms with Crippen LogP contribution in [0.3, 0.4) is 0 Å². The molecule has 0 spiro atoms. The van der Waals surface area contributed by atoms with Gasteiger partial charge in [-0.2, -0.15) is 0 Å². The number of nitrogens with zero attached hydrogens (tertiary/aromatic N) is 1. The second kappa shape index (κ2) is 5.28. The largest absolute Gasteiger partial charge is 0.497 e. The van der Waals surface area contributed by atoms with Gasteiger partial charge in [-0.3, -0.25) is 4.57 Å². The Hall–Kier alpha value is -1.07. The lowest BCUT2D eigenvalue weighted by Gasteiger charge is -2.13. The number of aromatic amines is 1. The molecule has 2 aromatic rings. The predicted octanol–water partition coefficient (Wildman–Crippen LogP) is 4.43. The van der Waals surface area contributed by atoms with Crippen LogP contribution in [-0.4, -0.2) is 16.7 Å². The molecule has 3 nitrogen and oxygen atoms in total. The lowest BCUT2D eigenvalue weighted by atomic mass is 10.1. The zero-order chi connectivity index (χ0) is 13.3. The first-order chi connectivity index (χ1) is 8.54. The summed E-state index contributed by atoms with van der Waals surface area (Å²) < 4.78 is 8.98. The molecule has 0 saturated heterocycles. The fourth-order valence-electron chi connectivity index (χ4n) is 1.85. The summed E-state index contributed by atoms with van der Waals surface area (Å²) in [4.78, 5) is 3.10. The third kappa shape index (κ3) is 2.37. The molecule has 96 valence electrons. The minimum Gasteiger partial charge on any atom is -0.497 e. The Labute approximate surface area is 120 Å².